The molecule has 7 nitrogen and oxygen atoms in total. The number of pyridine rings is 1. The fourth-order valence-electron chi connectivity index (χ4n) is 4.70. The molecule has 0 aromatic carbocycles. The molecule has 0 amide bonds. The van der Waals surface area contributed by atoms with Crippen LogP contribution in [0, 0.1) is 5.92 Å². The molecular weight excluding hydrogens is 396 g/mol. The lowest BCUT2D eigenvalue weighted by Crippen LogP contribution is -2.33. The van der Waals surface area contributed by atoms with Crippen LogP contribution in [0.25, 0.3) is 0 Å². The number of ether oxygens (including phenoxy) is 2. The van der Waals surface area contributed by atoms with Crippen LogP contribution >= 0.6 is 0 Å². The molecule has 1 aromatic heterocycles. The predicted octanol–water partition coefficient (Wildman–Crippen LogP) is 3.93. The number of carboxylic acids is 1. The monoisotopic (exact) mass is 428 g/mol. The van der Waals surface area contributed by atoms with E-state index >= 15 is 0 Å². The van der Waals surface area contributed by atoms with Crippen molar-refractivity contribution in [3.63, 3.8) is 0 Å². The predicted molar refractivity (Wildman–Crippen MR) is 116 cm³/mol. The summed E-state index contributed by atoms with van der Waals surface area (Å²) in [7, 11) is 1.64. The molecule has 1 aliphatic heterocycles. The van der Waals surface area contributed by atoms with Gasteiger partial charge in [0.15, 0.2) is 0 Å². The van der Waals surface area contributed by atoms with Crippen LogP contribution in [0.5, 0.6) is 0 Å². The molecule has 1 aromatic rings. The maximum absolute atomic E-state index is 13.2. The molecular formula is C24H32N2O5. The first-order valence-electron chi connectivity index (χ1n) is 10.9. The average Bonchev–Trinajstić information content (AvgIpc) is 2.76. The Morgan fingerprint density at radius 3 is 2.52 bits per heavy atom. The van der Waals surface area contributed by atoms with Gasteiger partial charge in [-0.15, -0.1) is 0 Å². The Hall–Kier alpha value is -2.67. The van der Waals surface area contributed by atoms with Gasteiger partial charge in [0.2, 0.25) is 0 Å². The van der Waals surface area contributed by atoms with E-state index in [0.29, 0.717) is 28.4 Å². The molecule has 1 saturated carbocycles. The molecule has 31 heavy (non-hydrogen) atoms. The highest BCUT2D eigenvalue weighted by Gasteiger charge is 2.37. The van der Waals surface area contributed by atoms with Crippen molar-refractivity contribution in [2.75, 3.05) is 13.7 Å². The number of carboxylic acid groups (broad SMARTS) is 1. The summed E-state index contributed by atoms with van der Waals surface area (Å²) in [5.41, 5.74) is 2.14. The minimum atomic E-state index is -1.08. The first kappa shape index (κ1) is 23.0. The largest absolute Gasteiger partial charge is 0.478 e. The fraction of sp³-hybridized carbons (Fsp3) is 0.542. The number of nitrogens with one attached hydrogen (secondary N) is 1. The molecule has 2 atom stereocenters. The zero-order valence-electron chi connectivity index (χ0n) is 18.5. The summed E-state index contributed by atoms with van der Waals surface area (Å²) in [4.78, 5) is 29.3. The van der Waals surface area contributed by atoms with Crippen molar-refractivity contribution in [1.29, 1.82) is 0 Å². The highest BCUT2D eigenvalue weighted by molar-refractivity contribution is 5.99. The number of rotatable bonds is 8. The Bertz CT molecular complexity index is 856. The highest BCUT2D eigenvalue weighted by atomic mass is 16.6. The van der Waals surface area contributed by atoms with Gasteiger partial charge in [0.05, 0.1) is 23.2 Å². The summed E-state index contributed by atoms with van der Waals surface area (Å²) in [5.74, 6) is -1.76. The van der Waals surface area contributed by atoms with Gasteiger partial charge in [0.1, 0.15) is 6.61 Å². The summed E-state index contributed by atoms with van der Waals surface area (Å²) < 4.78 is 11.2. The second-order valence-electron chi connectivity index (χ2n) is 8.42. The van der Waals surface area contributed by atoms with Gasteiger partial charge in [-0.3, -0.25) is 4.98 Å². The van der Waals surface area contributed by atoms with Crippen molar-refractivity contribution in [2.45, 2.75) is 64.4 Å². The normalized spacial score (nSPS) is 20.9. The van der Waals surface area contributed by atoms with Crippen molar-refractivity contribution in [3.05, 3.63) is 52.6 Å². The van der Waals surface area contributed by atoms with E-state index in [0.717, 1.165) is 6.42 Å². The molecule has 2 heterocycles. The molecule has 0 spiro atoms. The third-order valence-electron chi connectivity index (χ3n) is 6.28. The molecule has 2 aliphatic rings. The summed E-state index contributed by atoms with van der Waals surface area (Å²) >= 11 is 0. The van der Waals surface area contributed by atoms with Gasteiger partial charge in [-0.2, -0.15) is 0 Å². The molecule has 1 aliphatic carbocycles. The topological polar surface area (TPSA) is 97.8 Å². The van der Waals surface area contributed by atoms with Crippen molar-refractivity contribution in [3.8, 4) is 0 Å². The van der Waals surface area contributed by atoms with Crippen LogP contribution in [-0.2, 0) is 19.1 Å². The van der Waals surface area contributed by atoms with E-state index in [-0.39, 0.29) is 18.3 Å². The highest BCUT2D eigenvalue weighted by Crippen LogP contribution is 2.38. The molecule has 7 heteroatoms. The Morgan fingerprint density at radius 2 is 1.90 bits per heavy atom. The SMILES string of the molecule is COC(COC(=O)C1=C(C)NC(C)=C(C(=O)O)C1c1cccnc1)CC1CCCCC1. The van der Waals surface area contributed by atoms with Crippen LogP contribution in [0.15, 0.2) is 47.1 Å². The number of esters is 1. The van der Waals surface area contributed by atoms with Gasteiger partial charge in [0.25, 0.3) is 0 Å². The van der Waals surface area contributed by atoms with Crippen LogP contribution in [0.3, 0.4) is 0 Å². The number of carbonyl (C=O) groups excluding carboxylic acids is 1. The molecule has 168 valence electrons. The number of allylic oxidation sites excluding steroid dienone is 2. The van der Waals surface area contributed by atoms with E-state index in [1.54, 1.807) is 45.5 Å². The van der Waals surface area contributed by atoms with Crippen molar-refractivity contribution < 1.29 is 24.2 Å². The van der Waals surface area contributed by atoms with Crippen LogP contribution in [0.2, 0.25) is 0 Å². The average molecular weight is 429 g/mol. The first-order valence-corrected chi connectivity index (χ1v) is 10.9. The summed E-state index contributed by atoms with van der Waals surface area (Å²) in [6.45, 7) is 3.61. The number of dihydropyridines is 1. The van der Waals surface area contributed by atoms with Crippen molar-refractivity contribution in [1.82, 2.24) is 10.3 Å². The summed E-state index contributed by atoms with van der Waals surface area (Å²) in [5, 5.41) is 12.9. The van der Waals surface area contributed by atoms with Gasteiger partial charge in [0, 0.05) is 30.9 Å². The summed E-state index contributed by atoms with van der Waals surface area (Å²) in [6.07, 6.45) is 10.1. The second kappa shape index (κ2) is 10.6. The van der Waals surface area contributed by atoms with Crippen molar-refractivity contribution >= 4 is 11.9 Å². The first-order chi connectivity index (χ1) is 14.9. The van der Waals surface area contributed by atoms with Gasteiger partial charge in [-0.05, 0) is 37.8 Å². The molecule has 3 rings (SSSR count). The van der Waals surface area contributed by atoms with Gasteiger partial charge < -0.3 is 19.9 Å². The number of carbonyl (C=O) groups is 2. The molecule has 2 unspecified atom stereocenters. The molecule has 0 bridgehead atoms. The number of aromatic nitrogens is 1. The van der Waals surface area contributed by atoms with Gasteiger partial charge in [-0.25, -0.2) is 9.59 Å². The number of hydrogen-bond acceptors (Lipinski definition) is 6. The Kier molecular flexibility index (Phi) is 7.85. The van der Waals surface area contributed by atoms with Crippen LogP contribution in [-0.4, -0.2) is 41.8 Å². The van der Waals surface area contributed by atoms with E-state index in [1.807, 2.05) is 0 Å². The lowest BCUT2D eigenvalue weighted by molar-refractivity contribution is -0.143. The van der Waals surface area contributed by atoms with E-state index in [4.69, 9.17) is 9.47 Å². The lowest BCUT2D eigenvalue weighted by Gasteiger charge is -2.30. The molecule has 0 saturated heterocycles. The lowest BCUT2D eigenvalue weighted by atomic mass is 9.81. The van der Waals surface area contributed by atoms with Crippen LogP contribution in [0.1, 0.15) is 63.9 Å². The molecule has 2 N–H and O–H groups in total. The van der Waals surface area contributed by atoms with Gasteiger partial charge >= 0.3 is 11.9 Å². The number of aliphatic carboxylic acids is 1. The zero-order chi connectivity index (χ0) is 22.4. The summed E-state index contributed by atoms with van der Waals surface area (Å²) in [6, 6.07) is 3.51. The standard InChI is InChI=1S/C24H32N2O5/c1-15-20(23(27)28)22(18-10-7-11-25-13-18)21(16(2)26-15)24(29)31-14-19(30-3)12-17-8-5-4-6-9-17/h7,10-11,13,17,19,22,26H,4-6,8-9,12,14H2,1-3H3,(H,27,28). The van der Waals surface area contributed by atoms with E-state index in [9.17, 15) is 14.7 Å². The zero-order valence-corrected chi connectivity index (χ0v) is 18.5. The molecule has 0 radical (unpaired) electrons. The maximum Gasteiger partial charge on any atom is 0.336 e. The Labute approximate surface area is 183 Å². The number of nitrogens with zero attached hydrogens (tertiary/aromatic N) is 1. The van der Waals surface area contributed by atoms with Crippen LogP contribution < -0.4 is 5.32 Å². The minimum absolute atomic E-state index is 0.121. The quantitative estimate of drug-likeness (QED) is 0.606. The smallest absolute Gasteiger partial charge is 0.336 e. The maximum atomic E-state index is 13.2. The fourth-order valence-corrected chi connectivity index (χ4v) is 4.70. The number of methoxy groups -OCH3 is 1. The van der Waals surface area contributed by atoms with E-state index < -0.39 is 17.9 Å². The minimum Gasteiger partial charge on any atom is -0.478 e. The Morgan fingerprint density at radius 1 is 1.19 bits per heavy atom. The van der Waals surface area contributed by atoms with Crippen LogP contribution in [0.4, 0.5) is 0 Å². The Balaban J connectivity index is 1.78. The third kappa shape index (κ3) is 5.53. The van der Waals surface area contributed by atoms with E-state index in [2.05, 4.69) is 10.3 Å². The van der Waals surface area contributed by atoms with Crippen molar-refractivity contribution in [2.24, 2.45) is 5.92 Å². The van der Waals surface area contributed by atoms with E-state index in [1.165, 1.54) is 32.1 Å². The second-order valence-corrected chi connectivity index (χ2v) is 8.42. The third-order valence-corrected chi connectivity index (χ3v) is 6.28. The number of hydrogen-bond donors (Lipinski definition) is 2. The molecule has 1 fully saturated rings. The van der Waals surface area contributed by atoms with Gasteiger partial charge in [-0.1, -0.05) is 38.2 Å².